The summed E-state index contributed by atoms with van der Waals surface area (Å²) >= 11 is 0. The molecule has 0 unspecified atom stereocenters. The Hall–Kier alpha value is -5.04. The third-order valence-electron chi connectivity index (χ3n) is 8.94. The Morgan fingerprint density at radius 3 is 1.80 bits per heavy atom. The lowest BCUT2D eigenvalue weighted by Gasteiger charge is -2.24. The number of fused-ring (bicyclic) bond motifs is 4. The van der Waals surface area contributed by atoms with Gasteiger partial charge in [-0.1, -0.05) is 81.4 Å². The standard InChI is InChI=1S/C39H30F5N2/c1-21-23-14-9-10-15-24(23)29(39(2,3)4)20-28(21)37-38-26(18-19-45(37)5)25-16-11-17-27(36(25)46(38)22-12-7-6-8-13-22)30-31(40)33(42)35(44)34(43)32(30)41/h6-20H,1-5H3/q+1. The van der Waals surface area contributed by atoms with E-state index < -0.39 is 34.6 Å². The van der Waals surface area contributed by atoms with Crippen LogP contribution in [0, 0.1) is 36.0 Å². The van der Waals surface area contributed by atoms with Crippen molar-refractivity contribution in [2.24, 2.45) is 7.05 Å². The molecule has 0 atom stereocenters. The van der Waals surface area contributed by atoms with Crippen LogP contribution in [0.5, 0.6) is 0 Å². The number of rotatable bonds is 3. The molecule has 0 spiro atoms. The summed E-state index contributed by atoms with van der Waals surface area (Å²) in [5, 5.41) is 3.63. The maximum atomic E-state index is 15.4. The van der Waals surface area contributed by atoms with Gasteiger partial charge >= 0.3 is 0 Å². The predicted molar refractivity (Wildman–Crippen MR) is 174 cm³/mol. The number of aryl methyl sites for hydroxylation is 2. The third-order valence-corrected chi connectivity index (χ3v) is 8.94. The van der Waals surface area contributed by atoms with E-state index in [1.807, 2.05) is 77.0 Å². The van der Waals surface area contributed by atoms with Crippen LogP contribution in [0.2, 0.25) is 0 Å². The number of aromatic nitrogens is 2. The molecule has 0 aliphatic heterocycles. The van der Waals surface area contributed by atoms with Crippen LogP contribution in [-0.2, 0) is 12.5 Å². The van der Waals surface area contributed by atoms with Crippen molar-refractivity contribution in [1.29, 1.82) is 0 Å². The summed E-state index contributed by atoms with van der Waals surface area (Å²) in [6.07, 6.45) is 1.93. The Bertz CT molecular complexity index is 2340. The minimum atomic E-state index is -2.19. The van der Waals surface area contributed by atoms with Crippen LogP contribution in [0.4, 0.5) is 22.0 Å². The first-order valence-electron chi connectivity index (χ1n) is 15.0. The number of para-hydroxylation sites is 2. The monoisotopic (exact) mass is 621 g/mol. The van der Waals surface area contributed by atoms with Gasteiger partial charge in [0, 0.05) is 28.1 Å². The van der Waals surface area contributed by atoms with Gasteiger partial charge in [-0.15, -0.1) is 0 Å². The maximum Gasteiger partial charge on any atom is 0.237 e. The molecule has 0 aliphatic carbocycles. The molecule has 0 saturated carbocycles. The predicted octanol–water partition coefficient (Wildman–Crippen LogP) is 10.4. The molecular weight excluding hydrogens is 591 g/mol. The topological polar surface area (TPSA) is 8.81 Å². The SMILES string of the molecule is Cc1c(-c2c3c(cc[n+]2C)c2cccc(-c4c(F)c(F)c(F)c(F)c4F)c2n3-c2ccccc2)cc(C(C)(C)C)c2ccccc12. The first kappa shape index (κ1) is 29.7. The Kier molecular flexibility index (Phi) is 6.78. The zero-order chi connectivity index (χ0) is 32.7. The molecule has 5 aromatic carbocycles. The maximum absolute atomic E-state index is 15.4. The van der Waals surface area contributed by atoms with Gasteiger partial charge in [0.2, 0.25) is 11.5 Å². The van der Waals surface area contributed by atoms with Gasteiger partial charge in [-0.25, -0.2) is 22.0 Å². The minimum Gasteiger partial charge on any atom is -0.303 e. The normalized spacial score (nSPS) is 12.1. The smallest absolute Gasteiger partial charge is 0.237 e. The van der Waals surface area contributed by atoms with Gasteiger partial charge in [-0.3, -0.25) is 0 Å². The lowest BCUT2D eigenvalue weighted by molar-refractivity contribution is -0.659. The summed E-state index contributed by atoms with van der Waals surface area (Å²) in [5.74, 6) is -9.91. The van der Waals surface area contributed by atoms with Crippen molar-refractivity contribution in [3.63, 3.8) is 0 Å². The number of nitrogens with zero attached hydrogens (tertiary/aromatic N) is 2. The molecule has 7 heteroatoms. The second-order valence-electron chi connectivity index (χ2n) is 12.7. The first-order valence-corrected chi connectivity index (χ1v) is 15.0. The Balaban J connectivity index is 1.72. The van der Waals surface area contributed by atoms with Crippen LogP contribution in [0.15, 0.2) is 91.1 Å². The fraction of sp³-hybridized carbons (Fsp3) is 0.154. The van der Waals surface area contributed by atoms with Crippen molar-refractivity contribution in [1.82, 2.24) is 4.57 Å². The molecule has 0 N–H and O–H groups in total. The largest absolute Gasteiger partial charge is 0.303 e. The molecular formula is C39H30F5N2+. The molecule has 0 fully saturated rings. The second kappa shape index (κ2) is 10.5. The van der Waals surface area contributed by atoms with Gasteiger partial charge < -0.3 is 4.57 Å². The van der Waals surface area contributed by atoms with E-state index in [2.05, 4.69) is 45.9 Å². The summed E-state index contributed by atoms with van der Waals surface area (Å²) < 4.78 is 78.1. The van der Waals surface area contributed by atoms with E-state index >= 15 is 8.78 Å². The summed E-state index contributed by atoms with van der Waals surface area (Å²) in [5.41, 5.74) is 4.48. The third kappa shape index (κ3) is 4.25. The summed E-state index contributed by atoms with van der Waals surface area (Å²) in [6.45, 7) is 8.60. The quantitative estimate of drug-likeness (QED) is 0.0804. The van der Waals surface area contributed by atoms with Crippen LogP contribution >= 0.6 is 0 Å². The highest BCUT2D eigenvalue weighted by atomic mass is 19.2. The average Bonchev–Trinajstić information content (AvgIpc) is 3.38. The number of hydrogen-bond acceptors (Lipinski definition) is 0. The highest BCUT2D eigenvalue weighted by Crippen LogP contribution is 2.45. The highest BCUT2D eigenvalue weighted by Gasteiger charge is 2.32. The molecule has 46 heavy (non-hydrogen) atoms. The van der Waals surface area contributed by atoms with Crippen molar-refractivity contribution in [2.75, 3.05) is 0 Å². The van der Waals surface area contributed by atoms with Gasteiger partial charge in [0.15, 0.2) is 29.5 Å². The van der Waals surface area contributed by atoms with Crippen LogP contribution in [0.25, 0.3) is 60.6 Å². The van der Waals surface area contributed by atoms with Crippen LogP contribution in [-0.4, -0.2) is 4.57 Å². The van der Waals surface area contributed by atoms with Gasteiger partial charge in [0.05, 0.1) is 16.6 Å². The van der Waals surface area contributed by atoms with E-state index in [1.54, 1.807) is 6.07 Å². The molecule has 0 bridgehead atoms. The molecule has 7 aromatic rings. The minimum absolute atomic E-state index is 0.107. The van der Waals surface area contributed by atoms with Crippen LogP contribution < -0.4 is 4.57 Å². The van der Waals surface area contributed by atoms with E-state index in [9.17, 15) is 13.2 Å². The molecule has 2 nitrogen and oxygen atoms in total. The first-order chi connectivity index (χ1) is 21.9. The second-order valence-corrected chi connectivity index (χ2v) is 12.7. The van der Waals surface area contributed by atoms with E-state index in [4.69, 9.17) is 0 Å². The van der Waals surface area contributed by atoms with E-state index in [0.717, 1.165) is 44.1 Å². The Labute approximate surface area is 263 Å². The number of pyridine rings is 1. The fourth-order valence-corrected chi connectivity index (χ4v) is 6.77. The number of hydrogen-bond donors (Lipinski definition) is 0. The van der Waals surface area contributed by atoms with Gasteiger partial charge in [-0.05, 0) is 52.4 Å². The van der Waals surface area contributed by atoms with Crippen molar-refractivity contribution in [3.8, 4) is 28.1 Å². The van der Waals surface area contributed by atoms with E-state index in [1.165, 1.54) is 6.07 Å². The van der Waals surface area contributed by atoms with Gasteiger partial charge in [0.25, 0.3) is 0 Å². The summed E-state index contributed by atoms with van der Waals surface area (Å²) in [4.78, 5) is 0. The van der Waals surface area contributed by atoms with Crippen LogP contribution in [0.1, 0.15) is 31.9 Å². The molecule has 2 heterocycles. The molecule has 0 saturated heterocycles. The average molecular weight is 622 g/mol. The van der Waals surface area contributed by atoms with Gasteiger partial charge in [-0.2, -0.15) is 4.57 Å². The zero-order valence-electron chi connectivity index (χ0n) is 25.9. The molecule has 230 valence electrons. The van der Waals surface area contributed by atoms with Crippen molar-refractivity contribution in [2.45, 2.75) is 33.1 Å². The summed E-state index contributed by atoms with van der Waals surface area (Å²) in [6, 6.07) is 26.5. The highest BCUT2D eigenvalue weighted by molar-refractivity contribution is 6.16. The fourth-order valence-electron chi connectivity index (χ4n) is 6.77. The van der Waals surface area contributed by atoms with Crippen molar-refractivity contribution < 1.29 is 26.5 Å². The molecule has 0 aliphatic rings. The lowest BCUT2D eigenvalue weighted by Crippen LogP contribution is -2.31. The number of halogens is 5. The van der Waals surface area contributed by atoms with Crippen molar-refractivity contribution >= 4 is 32.6 Å². The Morgan fingerprint density at radius 2 is 1.15 bits per heavy atom. The molecule has 7 rings (SSSR count). The molecule has 0 amide bonds. The zero-order valence-corrected chi connectivity index (χ0v) is 25.9. The Morgan fingerprint density at radius 1 is 0.587 bits per heavy atom. The van der Waals surface area contributed by atoms with Crippen molar-refractivity contribution in [3.05, 3.63) is 131 Å². The lowest BCUT2D eigenvalue weighted by atomic mass is 9.80. The van der Waals surface area contributed by atoms with E-state index in [-0.39, 0.29) is 11.0 Å². The summed E-state index contributed by atoms with van der Waals surface area (Å²) in [7, 11) is 1.94. The number of benzene rings is 5. The van der Waals surface area contributed by atoms with E-state index in [0.29, 0.717) is 16.6 Å². The molecule has 2 aromatic heterocycles. The molecule has 0 radical (unpaired) electrons. The van der Waals surface area contributed by atoms with Crippen LogP contribution in [0.3, 0.4) is 0 Å². The van der Waals surface area contributed by atoms with Gasteiger partial charge in [0.1, 0.15) is 12.6 Å².